The molecule has 7 saturated heterocycles. The average Bonchev–Trinajstić information content (AvgIpc) is 0.751. The predicted molar refractivity (Wildman–Crippen MR) is 423 cm³/mol. The van der Waals surface area contributed by atoms with Gasteiger partial charge in [-0.15, -0.1) is 0 Å². The number of carbonyl (C=O) groups excluding carboxylic acids is 5. The van der Waals surface area contributed by atoms with Crippen LogP contribution in [0.15, 0.2) is 12.2 Å². The van der Waals surface area contributed by atoms with Gasteiger partial charge in [-0.2, -0.15) is 0 Å². The highest BCUT2D eigenvalue weighted by atomic mass is 16.8. The van der Waals surface area contributed by atoms with Crippen LogP contribution in [0.5, 0.6) is 0 Å². The number of carboxylic acids is 3. The number of carbonyl (C=O) groups is 8. The normalized spacial score (nSPS) is 38.6. The molecule has 750 valence electrons. The summed E-state index contributed by atoms with van der Waals surface area (Å²) in [4.78, 5) is 104. The van der Waals surface area contributed by atoms with Crippen LogP contribution in [0.25, 0.3) is 0 Å². The van der Waals surface area contributed by atoms with Crippen molar-refractivity contribution in [3.8, 4) is 0 Å². The number of nitrogens with one attached hydrogen (secondary N) is 5. The van der Waals surface area contributed by atoms with Crippen LogP contribution < -0.4 is 26.6 Å². The predicted octanol–water partition coefficient (Wildman–Crippen LogP) is -13.3. The largest absolute Gasteiger partial charge is 0.477 e. The Kier molecular flexibility index (Phi) is 43.8. The quantitative estimate of drug-likeness (QED) is 0.0153. The van der Waals surface area contributed by atoms with Crippen LogP contribution in [0.3, 0.4) is 0 Å². The van der Waals surface area contributed by atoms with E-state index in [4.69, 9.17) is 66.3 Å². The van der Waals surface area contributed by atoms with Gasteiger partial charge in [-0.05, 0) is 12.8 Å². The molecule has 0 saturated carbocycles. The molecule has 7 rings (SSSR count). The Hall–Kier alpha value is -5.94. The van der Waals surface area contributed by atoms with Crippen molar-refractivity contribution in [3.63, 3.8) is 0 Å². The van der Waals surface area contributed by atoms with Crippen LogP contribution in [0.2, 0.25) is 0 Å². The lowest BCUT2D eigenvalue weighted by molar-refractivity contribution is -0.405. The van der Waals surface area contributed by atoms with E-state index in [1.165, 1.54) is 38.2 Å². The molecule has 130 heavy (non-hydrogen) atoms. The van der Waals surface area contributed by atoms with Crippen molar-refractivity contribution < 1.29 is 232 Å². The molecule has 7 heterocycles. The first kappa shape index (κ1) is 111. The summed E-state index contributed by atoms with van der Waals surface area (Å²) in [6.45, 7) is -4.41. The molecular formula is C78H131N5O47. The fourth-order valence-corrected chi connectivity index (χ4v) is 16.7. The van der Waals surface area contributed by atoms with Crippen LogP contribution in [-0.4, -0.2) is 472 Å². The molecule has 30 N–H and O–H groups in total. The number of allylic oxidation sites excluding steroid dienone is 1. The molecule has 0 aliphatic carbocycles. The molecule has 7 aliphatic rings. The Labute approximate surface area is 744 Å². The number of hydrogen-bond acceptors (Lipinski definition) is 44. The molecule has 0 aromatic carbocycles. The summed E-state index contributed by atoms with van der Waals surface area (Å²) < 4.78 is 83.1. The Morgan fingerprint density at radius 2 is 0.792 bits per heavy atom. The lowest BCUT2D eigenvalue weighted by Crippen LogP contribution is -2.73. The van der Waals surface area contributed by atoms with Gasteiger partial charge < -0.3 is 221 Å². The third kappa shape index (κ3) is 27.7. The molecule has 0 aromatic rings. The van der Waals surface area contributed by atoms with Gasteiger partial charge in [-0.1, -0.05) is 83.3 Å². The van der Waals surface area contributed by atoms with Gasteiger partial charge in [0.15, 0.2) is 25.2 Å². The summed E-state index contributed by atoms with van der Waals surface area (Å²) in [5.41, 5.74) is 0. The summed E-state index contributed by atoms with van der Waals surface area (Å²) in [6, 6.07) is -9.28. The van der Waals surface area contributed by atoms with Crippen LogP contribution >= 0.6 is 0 Å². The zero-order valence-corrected chi connectivity index (χ0v) is 72.0. The number of carboxylic acid groups (broad SMARTS) is 3. The molecule has 0 unspecified atom stereocenters. The fraction of sp³-hybridized carbons (Fsp3) is 0.872. The number of rotatable bonds is 51. The van der Waals surface area contributed by atoms with Crippen molar-refractivity contribution in [3.05, 3.63) is 12.2 Å². The molecule has 5 amide bonds. The van der Waals surface area contributed by atoms with Gasteiger partial charge in [-0.25, -0.2) is 14.4 Å². The van der Waals surface area contributed by atoms with Gasteiger partial charge in [0.05, 0.1) is 101 Å². The lowest BCUT2D eigenvalue weighted by Gasteiger charge is -2.53. The third-order valence-corrected chi connectivity index (χ3v) is 23.5. The standard InChI is InChI=1S/C78H131N5O47/c1-6-7-8-9-10-11-12-13-14-15-16-17-18-19-37(96)36(79-31-91)30-117-70-58(108)57(107)61(46(28-89)120-70)122-72-60(110)68(130-78(75(115)116)22-39(98)49(81-33(3)93)65(127-78)53(103)42(101)24-85)62(47(29-90)121-72)123-69-51(83-35(5)95)63(54(104)43(25-86)118-69)124-71-59(109)67(55(105)44(26-87)119-71)129-77(74(113)114)21-40(99)50(82-34(4)94)66(128-77)56(106)45(27-88)125-76(73(111)112)20-38(97)48(80-32(2)92)64(126-76)52(102)41(100)23-84/h18-19,31,36-72,84-90,96-110H,6-17,20-30H2,1-5H3,(H,79,91)(H,80,92)(H,81,93)(H,82,94)(H,83,95)(H,111,112)(H,113,114)(H,115,116)/b19-18+/t36-,37+,38-,39-,40-,41+,42+,43+,44+,45+,46+,47+,48+,49+,50+,51+,52+,53+,54-,55-,56+,57+,58+,59+,60+,61+,62-,63+,64+,65+,66+,67-,68+,69-,70+,71-,72-,76+,77-,78-/m0/s1. The third-order valence-electron chi connectivity index (χ3n) is 23.5. The van der Waals surface area contributed by atoms with E-state index in [-0.39, 0.29) is 6.41 Å². The number of unbranched alkanes of at least 4 members (excludes halogenated alkanes) is 11. The van der Waals surface area contributed by atoms with Crippen LogP contribution in [0, 0.1) is 0 Å². The van der Waals surface area contributed by atoms with Crippen molar-refractivity contribution in [1.82, 2.24) is 26.6 Å². The summed E-state index contributed by atoms with van der Waals surface area (Å²) >= 11 is 0. The highest BCUT2D eigenvalue weighted by Crippen LogP contribution is 2.45. The molecule has 40 atom stereocenters. The van der Waals surface area contributed by atoms with Gasteiger partial charge in [0.2, 0.25) is 30.0 Å². The molecule has 0 radical (unpaired) electrons. The molecule has 0 aromatic heterocycles. The molecule has 0 spiro atoms. The first-order chi connectivity index (χ1) is 61.5. The lowest BCUT2D eigenvalue weighted by atomic mass is 9.87. The van der Waals surface area contributed by atoms with Gasteiger partial charge in [-0.3, -0.25) is 24.0 Å². The van der Waals surface area contributed by atoms with Crippen molar-refractivity contribution >= 4 is 47.9 Å². The SMILES string of the molecule is CCCCCCCCCCCCC/C=C/[C@@H](O)[C@H](CO[C@@H]1O[C@H](CO)[C@@H](O[C@@H]2O[C@H](CO)[C@H](O[C@@H]3O[C@H](CO)[C@H](O)[C@H](O[C@@H]4O[C@H](CO)[C@H](O)[C@H](O[C@]5(C(=O)O)C[C@H](O)[C@@H](NC(C)=O)[C@H]([C@H](O)[C@@H](CO)O[C@]6(C(=O)O)C[C@H](O)[C@@H](NC(C)=O)[C@H]([C@H](O)[C@H](O)CO)O6)O5)[C@H]4O)[C@H]3NC(C)=O)[C@H](O[C@]3(C(=O)O)C[C@H](O)[C@@H](NC(C)=O)[C@H]([C@H](O)[C@H](O)CO)O3)[C@H]2O)[C@H](O)[C@H]1O)NC=O. The molecule has 52 heteroatoms. The van der Waals surface area contributed by atoms with Crippen LogP contribution in [0.4, 0.5) is 0 Å². The topological polar surface area (TPSA) is 832 Å². The zero-order valence-electron chi connectivity index (χ0n) is 72.0. The van der Waals surface area contributed by atoms with Gasteiger partial charge in [0, 0.05) is 47.0 Å². The Balaban J connectivity index is 1.21. The highest BCUT2D eigenvalue weighted by Gasteiger charge is 2.66. The van der Waals surface area contributed by atoms with E-state index in [2.05, 4.69) is 33.5 Å². The maximum atomic E-state index is 14.0. The number of aliphatic hydroxyl groups is 22. The Bertz CT molecular complexity index is 3560. The molecule has 52 nitrogen and oxygen atoms in total. The minimum absolute atomic E-state index is 0.253. The fourth-order valence-electron chi connectivity index (χ4n) is 16.7. The van der Waals surface area contributed by atoms with Gasteiger partial charge in [0.25, 0.3) is 17.4 Å². The number of ether oxygens (including phenoxy) is 14. The van der Waals surface area contributed by atoms with Crippen molar-refractivity contribution in [2.45, 2.75) is 375 Å². The van der Waals surface area contributed by atoms with E-state index in [0.29, 0.717) is 6.42 Å². The Morgan fingerprint density at radius 1 is 0.415 bits per heavy atom. The van der Waals surface area contributed by atoms with E-state index >= 15 is 0 Å². The van der Waals surface area contributed by atoms with Gasteiger partial charge in [0.1, 0.15) is 153 Å². The molecule has 7 aliphatic heterocycles. The van der Waals surface area contributed by atoms with E-state index in [9.17, 15) is 166 Å². The summed E-state index contributed by atoms with van der Waals surface area (Å²) in [5.74, 6) is -21.6. The summed E-state index contributed by atoms with van der Waals surface area (Å²) in [7, 11) is 0. The van der Waals surface area contributed by atoms with E-state index < -0.39 is 357 Å². The minimum atomic E-state index is -3.64. The number of hydrogen-bond donors (Lipinski definition) is 30. The van der Waals surface area contributed by atoms with E-state index in [1.807, 2.05) is 0 Å². The molecular weight excluding hydrogens is 1760 g/mol. The van der Waals surface area contributed by atoms with Crippen LogP contribution in [0.1, 0.15) is 131 Å². The number of amides is 5. The summed E-state index contributed by atoms with van der Waals surface area (Å²) in [5, 5.41) is 294. The first-order valence-electron chi connectivity index (χ1n) is 42.9. The maximum Gasteiger partial charge on any atom is 0.364 e. The minimum Gasteiger partial charge on any atom is -0.477 e. The molecule has 0 bridgehead atoms. The van der Waals surface area contributed by atoms with Crippen LogP contribution in [-0.2, 0) is 105 Å². The van der Waals surface area contributed by atoms with E-state index in [0.717, 1.165) is 66.2 Å². The monoisotopic (exact) mass is 1890 g/mol. The van der Waals surface area contributed by atoms with Crippen molar-refractivity contribution in [2.24, 2.45) is 0 Å². The zero-order chi connectivity index (χ0) is 96.7. The maximum absolute atomic E-state index is 14.0. The second-order valence-electron chi connectivity index (χ2n) is 33.2. The van der Waals surface area contributed by atoms with Crippen molar-refractivity contribution in [2.75, 3.05) is 52.9 Å². The van der Waals surface area contributed by atoms with Crippen molar-refractivity contribution in [1.29, 1.82) is 0 Å². The number of aliphatic carboxylic acids is 3. The second-order valence-corrected chi connectivity index (χ2v) is 33.2. The molecule has 7 fully saturated rings. The number of aliphatic hydroxyl groups excluding tert-OH is 22. The summed E-state index contributed by atoms with van der Waals surface area (Å²) in [6.07, 6.45) is -63.4. The smallest absolute Gasteiger partial charge is 0.364 e. The second kappa shape index (κ2) is 51.3. The first-order valence-corrected chi connectivity index (χ1v) is 42.9. The van der Waals surface area contributed by atoms with Gasteiger partial charge >= 0.3 is 17.9 Å². The Morgan fingerprint density at radius 3 is 1.23 bits per heavy atom. The van der Waals surface area contributed by atoms with E-state index in [1.54, 1.807) is 6.08 Å². The average molecular weight is 1890 g/mol. The highest BCUT2D eigenvalue weighted by molar-refractivity contribution is 5.78.